The second kappa shape index (κ2) is 5.77. The average molecular weight is 318 g/mol. The third-order valence-electron chi connectivity index (χ3n) is 3.50. The molecule has 1 aromatic heterocycles. The minimum atomic E-state index is -2.94. The molecule has 0 radical (unpaired) electrons. The number of carbonyl (C=O) groups is 1. The van der Waals surface area contributed by atoms with Crippen LogP contribution in [0.1, 0.15) is 29.4 Å². The fourth-order valence-electron chi connectivity index (χ4n) is 2.47. The van der Waals surface area contributed by atoms with Crippen LogP contribution in [0.4, 0.5) is 0 Å². The van der Waals surface area contributed by atoms with Crippen molar-refractivity contribution in [2.24, 2.45) is 0 Å². The number of nitrogens with zero attached hydrogens (tertiary/aromatic N) is 2. The Hall–Kier alpha value is -1.02. The SMILES string of the molecule is Cc1nn([C@H]2CCS(=O)(=O)C2)c(C)c1CSCC(=O)O. The summed E-state index contributed by atoms with van der Waals surface area (Å²) in [6.07, 6.45) is 0.603. The Kier molecular flexibility index (Phi) is 4.43. The molecule has 0 amide bonds. The van der Waals surface area contributed by atoms with Crippen LogP contribution in [0, 0.1) is 13.8 Å². The summed E-state index contributed by atoms with van der Waals surface area (Å²) in [6.45, 7) is 3.80. The van der Waals surface area contributed by atoms with Gasteiger partial charge in [-0.2, -0.15) is 5.10 Å². The molecule has 0 spiro atoms. The quantitative estimate of drug-likeness (QED) is 0.877. The second-order valence-electron chi connectivity index (χ2n) is 5.04. The number of aromatic nitrogens is 2. The van der Waals surface area contributed by atoms with Gasteiger partial charge in [0.15, 0.2) is 9.84 Å². The van der Waals surface area contributed by atoms with Crippen LogP contribution in [0.15, 0.2) is 0 Å². The maximum atomic E-state index is 11.6. The molecule has 0 bridgehead atoms. The first kappa shape index (κ1) is 15.4. The molecule has 2 heterocycles. The standard InChI is InChI=1S/C12H18N2O4S2/c1-8-11(5-19-6-12(15)16)9(2)14(13-8)10-3-4-20(17,18)7-10/h10H,3-7H2,1-2H3,(H,15,16)/t10-/m0/s1. The molecule has 112 valence electrons. The number of hydrogen-bond acceptors (Lipinski definition) is 5. The van der Waals surface area contributed by atoms with Crippen LogP contribution < -0.4 is 0 Å². The number of aryl methyl sites for hydroxylation is 1. The highest BCUT2D eigenvalue weighted by molar-refractivity contribution is 7.99. The van der Waals surface area contributed by atoms with E-state index in [2.05, 4.69) is 5.10 Å². The van der Waals surface area contributed by atoms with Crippen LogP contribution in [0.25, 0.3) is 0 Å². The van der Waals surface area contributed by atoms with Crippen LogP contribution in [0.3, 0.4) is 0 Å². The van der Waals surface area contributed by atoms with Gasteiger partial charge in [0.25, 0.3) is 0 Å². The van der Waals surface area contributed by atoms with E-state index in [1.807, 2.05) is 13.8 Å². The van der Waals surface area contributed by atoms with Gasteiger partial charge in [0.1, 0.15) is 0 Å². The number of rotatable bonds is 5. The van der Waals surface area contributed by atoms with Crippen LogP contribution in [0.2, 0.25) is 0 Å². The first-order valence-corrected chi connectivity index (χ1v) is 9.32. The number of aliphatic carboxylic acids is 1. The van der Waals surface area contributed by atoms with E-state index in [1.165, 1.54) is 11.8 Å². The number of sulfone groups is 1. The van der Waals surface area contributed by atoms with Gasteiger partial charge in [-0.3, -0.25) is 9.48 Å². The van der Waals surface area contributed by atoms with Crippen LogP contribution in [-0.4, -0.2) is 46.5 Å². The van der Waals surface area contributed by atoms with Crippen molar-refractivity contribution in [2.75, 3.05) is 17.3 Å². The van der Waals surface area contributed by atoms with Crippen LogP contribution in [0.5, 0.6) is 0 Å². The van der Waals surface area contributed by atoms with Gasteiger partial charge in [0.05, 0.1) is 29.0 Å². The smallest absolute Gasteiger partial charge is 0.313 e. The van der Waals surface area contributed by atoms with Gasteiger partial charge >= 0.3 is 5.97 Å². The Morgan fingerprint density at radius 2 is 2.20 bits per heavy atom. The van der Waals surface area contributed by atoms with Gasteiger partial charge in [0, 0.05) is 17.0 Å². The molecular weight excluding hydrogens is 300 g/mol. The van der Waals surface area contributed by atoms with Crippen molar-refractivity contribution in [3.8, 4) is 0 Å². The number of carboxylic acids is 1. The van der Waals surface area contributed by atoms with Crippen molar-refractivity contribution in [2.45, 2.75) is 32.1 Å². The summed E-state index contributed by atoms with van der Waals surface area (Å²) < 4.78 is 24.9. The van der Waals surface area contributed by atoms with E-state index in [0.717, 1.165) is 17.0 Å². The third kappa shape index (κ3) is 3.35. The minimum Gasteiger partial charge on any atom is -0.481 e. The minimum absolute atomic E-state index is 0.0574. The van der Waals surface area contributed by atoms with Gasteiger partial charge in [0.2, 0.25) is 0 Å². The summed E-state index contributed by atoms with van der Waals surface area (Å²) in [5.74, 6) is 0.181. The monoisotopic (exact) mass is 318 g/mol. The molecule has 0 saturated carbocycles. The maximum Gasteiger partial charge on any atom is 0.313 e. The normalized spacial score (nSPS) is 21.2. The average Bonchev–Trinajstić information content (AvgIpc) is 2.82. The Morgan fingerprint density at radius 1 is 1.50 bits per heavy atom. The molecular formula is C12H18N2O4S2. The molecule has 20 heavy (non-hydrogen) atoms. The Morgan fingerprint density at radius 3 is 2.75 bits per heavy atom. The predicted molar refractivity (Wildman–Crippen MR) is 77.8 cm³/mol. The number of thioether (sulfide) groups is 1. The highest BCUT2D eigenvalue weighted by atomic mass is 32.2. The highest BCUT2D eigenvalue weighted by Gasteiger charge is 2.31. The van der Waals surface area contributed by atoms with E-state index in [0.29, 0.717) is 12.2 Å². The summed E-state index contributed by atoms with van der Waals surface area (Å²) in [5, 5.41) is 13.1. The van der Waals surface area contributed by atoms with Crippen molar-refractivity contribution in [1.29, 1.82) is 0 Å². The molecule has 8 heteroatoms. The molecule has 1 aliphatic heterocycles. The highest BCUT2D eigenvalue weighted by Crippen LogP contribution is 2.28. The van der Waals surface area contributed by atoms with Crippen molar-refractivity contribution < 1.29 is 18.3 Å². The summed E-state index contributed by atoms with van der Waals surface area (Å²) in [7, 11) is -2.94. The summed E-state index contributed by atoms with van der Waals surface area (Å²) >= 11 is 1.33. The molecule has 0 aromatic carbocycles. The lowest BCUT2D eigenvalue weighted by molar-refractivity contribution is -0.133. The number of hydrogen-bond donors (Lipinski definition) is 1. The zero-order valence-corrected chi connectivity index (χ0v) is 13.1. The van der Waals surface area contributed by atoms with Crippen molar-refractivity contribution in [3.05, 3.63) is 17.0 Å². The molecule has 1 aliphatic rings. The Balaban J connectivity index is 2.14. The number of carboxylic acid groups (broad SMARTS) is 1. The topological polar surface area (TPSA) is 89.3 Å². The largest absolute Gasteiger partial charge is 0.481 e. The van der Waals surface area contributed by atoms with E-state index in [1.54, 1.807) is 4.68 Å². The first-order chi connectivity index (χ1) is 9.30. The zero-order valence-electron chi connectivity index (χ0n) is 11.5. The van der Waals surface area contributed by atoms with Crippen molar-refractivity contribution >= 4 is 27.6 Å². The third-order valence-corrected chi connectivity index (χ3v) is 6.20. The van der Waals surface area contributed by atoms with Crippen molar-refractivity contribution in [1.82, 2.24) is 9.78 Å². The van der Waals surface area contributed by atoms with E-state index in [4.69, 9.17) is 5.11 Å². The van der Waals surface area contributed by atoms with E-state index in [-0.39, 0.29) is 23.3 Å². The van der Waals surface area contributed by atoms with Crippen LogP contribution in [-0.2, 0) is 20.4 Å². The fraction of sp³-hybridized carbons (Fsp3) is 0.667. The Bertz CT molecular complexity index is 622. The Labute approximate surface area is 122 Å². The molecule has 1 N–H and O–H groups in total. The second-order valence-corrected chi connectivity index (χ2v) is 8.25. The first-order valence-electron chi connectivity index (χ1n) is 6.34. The zero-order chi connectivity index (χ0) is 14.9. The molecule has 1 fully saturated rings. The van der Waals surface area contributed by atoms with Crippen molar-refractivity contribution in [3.63, 3.8) is 0 Å². The summed E-state index contributed by atoms with van der Waals surface area (Å²) in [4.78, 5) is 10.5. The van der Waals surface area contributed by atoms with Gasteiger partial charge in [-0.05, 0) is 20.3 Å². The molecule has 1 aromatic rings. The lowest BCUT2D eigenvalue weighted by atomic mass is 10.2. The van der Waals surface area contributed by atoms with Gasteiger partial charge in [-0.15, -0.1) is 11.8 Å². The van der Waals surface area contributed by atoms with Gasteiger partial charge in [-0.25, -0.2) is 8.42 Å². The molecule has 1 saturated heterocycles. The summed E-state index contributed by atoms with van der Waals surface area (Å²) in [5.41, 5.74) is 2.81. The molecule has 1 atom stereocenters. The fourth-order valence-corrected chi connectivity index (χ4v) is 5.06. The summed E-state index contributed by atoms with van der Waals surface area (Å²) in [6, 6.07) is -0.0862. The van der Waals surface area contributed by atoms with E-state index < -0.39 is 15.8 Å². The van der Waals surface area contributed by atoms with E-state index in [9.17, 15) is 13.2 Å². The molecule has 0 aliphatic carbocycles. The lowest BCUT2D eigenvalue weighted by Gasteiger charge is -2.11. The molecule has 2 rings (SSSR count). The van der Waals surface area contributed by atoms with Gasteiger partial charge < -0.3 is 5.11 Å². The predicted octanol–water partition coefficient (Wildman–Crippen LogP) is 1.18. The lowest BCUT2D eigenvalue weighted by Crippen LogP contribution is -2.14. The van der Waals surface area contributed by atoms with E-state index >= 15 is 0 Å². The molecule has 6 nitrogen and oxygen atoms in total. The molecule has 0 unspecified atom stereocenters. The van der Waals surface area contributed by atoms with Gasteiger partial charge in [-0.1, -0.05) is 0 Å². The maximum absolute atomic E-state index is 11.6. The van der Waals surface area contributed by atoms with Crippen LogP contribution >= 0.6 is 11.8 Å².